The number of hydrazine groups is 2. The van der Waals surface area contributed by atoms with Gasteiger partial charge in [-0.2, -0.15) is 4.99 Å². The molecule has 84 valence electrons. The Bertz CT molecular complexity index is 281. The van der Waals surface area contributed by atoms with Crippen molar-refractivity contribution in [3.05, 3.63) is 0 Å². The molecule has 0 radical (unpaired) electrons. The minimum absolute atomic E-state index is 0.389. The van der Waals surface area contributed by atoms with Gasteiger partial charge in [0, 0.05) is 7.05 Å². The van der Waals surface area contributed by atoms with Crippen LogP contribution in [0.1, 0.15) is 6.92 Å². The van der Waals surface area contributed by atoms with E-state index in [-0.39, 0.29) is 0 Å². The van der Waals surface area contributed by atoms with Gasteiger partial charge in [0.15, 0.2) is 12.7 Å². The minimum Gasteiger partial charge on any atom is -0.483 e. The van der Waals surface area contributed by atoms with Crippen molar-refractivity contribution in [3.8, 4) is 0 Å². The molecule has 0 saturated carbocycles. The zero-order valence-corrected chi connectivity index (χ0v) is 9.44. The number of nitrogens with zero attached hydrogens (tertiary/aromatic N) is 4. The van der Waals surface area contributed by atoms with E-state index >= 15 is 0 Å². The number of nitrogens with one attached hydrogen (secondary N) is 1. The first-order chi connectivity index (χ1) is 7.24. The first-order valence-corrected chi connectivity index (χ1v) is 4.90. The SMILES string of the molecule is CCOC=NC1=NC(N)N(NC)N1C=S. The topological polar surface area (TPSA) is 78.5 Å². The summed E-state index contributed by atoms with van der Waals surface area (Å²) in [5, 5.41) is 3.07. The molecule has 0 bridgehead atoms. The van der Waals surface area contributed by atoms with E-state index < -0.39 is 6.29 Å². The van der Waals surface area contributed by atoms with Gasteiger partial charge in [-0.15, -0.1) is 5.12 Å². The molecule has 0 aliphatic carbocycles. The highest BCUT2D eigenvalue weighted by Gasteiger charge is 2.29. The molecule has 1 rings (SSSR count). The van der Waals surface area contributed by atoms with Gasteiger partial charge in [0.05, 0.1) is 12.1 Å². The Kier molecular flexibility index (Phi) is 4.56. The van der Waals surface area contributed by atoms with Crippen molar-refractivity contribution in [1.29, 1.82) is 0 Å². The molecule has 0 fully saturated rings. The Labute approximate surface area is 93.5 Å². The molecule has 1 unspecified atom stereocenters. The van der Waals surface area contributed by atoms with Crippen LogP contribution in [0, 0.1) is 0 Å². The fourth-order valence-corrected chi connectivity index (χ4v) is 1.24. The minimum atomic E-state index is -0.539. The highest BCUT2D eigenvalue weighted by Crippen LogP contribution is 2.08. The molecule has 1 aliphatic rings. The molecule has 0 saturated heterocycles. The molecule has 0 aromatic rings. The Balaban J connectivity index is 2.71. The van der Waals surface area contributed by atoms with Gasteiger partial charge in [0.25, 0.3) is 0 Å². The average Bonchev–Trinajstić information content (AvgIpc) is 2.54. The molecule has 0 amide bonds. The van der Waals surface area contributed by atoms with Crippen LogP contribution in [0.4, 0.5) is 0 Å². The zero-order chi connectivity index (χ0) is 11.3. The van der Waals surface area contributed by atoms with Gasteiger partial charge in [-0.05, 0) is 6.92 Å². The molecule has 8 heteroatoms. The summed E-state index contributed by atoms with van der Waals surface area (Å²) in [6, 6.07) is 0. The van der Waals surface area contributed by atoms with Crippen LogP contribution in [0.3, 0.4) is 0 Å². The lowest BCUT2D eigenvalue weighted by Gasteiger charge is -2.25. The number of guanidine groups is 1. The van der Waals surface area contributed by atoms with Gasteiger partial charge in [0.1, 0.15) is 0 Å². The summed E-state index contributed by atoms with van der Waals surface area (Å²) >= 11 is 4.83. The van der Waals surface area contributed by atoms with E-state index in [1.165, 1.54) is 16.9 Å². The summed E-state index contributed by atoms with van der Waals surface area (Å²) in [5.41, 5.74) is 9.94. The van der Waals surface area contributed by atoms with Crippen LogP contribution in [0.2, 0.25) is 0 Å². The van der Waals surface area contributed by atoms with Gasteiger partial charge in [-0.1, -0.05) is 12.2 Å². The quantitative estimate of drug-likeness (QED) is 0.377. The van der Waals surface area contributed by atoms with Crippen LogP contribution in [-0.2, 0) is 4.74 Å². The molecular weight excluding hydrogens is 216 g/mol. The number of hydrogen-bond acceptors (Lipinski definition) is 7. The molecule has 7 nitrogen and oxygen atoms in total. The molecule has 1 atom stereocenters. The largest absolute Gasteiger partial charge is 0.483 e. The lowest BCUT2D eigenvalue weighted by Crippen LogP contribution is -2.53. The highest BCUT2D eigenvalue weighted by atomic mass is 32.1. The van der Waals surface area contributed by atoms with Crippen LogP contribution < -0.4 is 11.2 Å². The van der Waals surface area contributed by atoms with Gasteiger partial charge in [0.2, 0.25) is 5.96 Å². The third-order valence-corrected chi connectivity index (χ3v) is 1.87. The molecule has 0 aromatic heterocycles. The van der Waals surface area contributed by atoms with E-state index in [4.69, 9.17) is 22.7 Å². The van der Waals surface area contributed by atoms with Crippen molar-refractivity contribution in [2.75, 3.05) is 13.7 Å². The number of hydrogen-bond donors (Lipinski definition) is 2. The monoisotopic (exact) mass is 230 g/mol. The van der Waals surface area contributed by atoms with Crippen LogP contribution in [0.15, 0.2) is 9.98 Å². The summed E-state index contributed by atoms with van der Waals surface area (Å²) in [4.78, 5) is 8.06. The molecular formula is C7H14N6OS. The number of nitrogens with two attached hydrogens (primary N) is 1. The van der Waals surface area contributed by atoms with Gasteiger partial charge < -0.3 is 4.74 Å². The van der Waals surface area contributed by atoms with Crippen LogP contribution >= 0.6 is 12.2 Å². The summed E-state index contributed by atoms with van der Waals surface area (Å²) in [5.74, 6) is 0.389. The summed E-state index contributed by atoms with van der Waals surface area (Å²) in [7, 11) is 1.72. The predicted octanol–water partition coefficient (Wildman–Crippen LogP) is -0.726. The van der Waals surface area contributed by atoms with Crippen molar-refractivity contribution in [1.82, 2.24) is 15.6 Å². The molecule has 3 N–H and O–H groups in total. The standard InChI is InChI=1S/C7H14N6OS/c1-3-14-4-10-7-11-6(8)13(9-2)12(7)5-15/h4-6,9H,3,8H2,1-2H3. The van der Waals surface area contributed by atoms with E-state index in [1.807, 2.05) is 6.92 Å². The van der Waals surface area contributed by atoms with Gasteiger partial charge in [-0.3, -0.25) is 5.73 Å². The Morgan fingerprint density at radius 2 is 2.53 bits per heavy atom. The van der Waals surface area contributed by atoms with E-state index in [0.717, 1.165) is 0 Å². The maximum absolute atomic E-state index is 5.70. The van der Waals surface area contributed by atoms with E-state index in [1.54, 1.807) is 12.2 Å². The Morgan fingerprint density at radius 3 is 3.07 bits per heavy atom. The normalized spacial score (nSPS) is 22.2. The first-order valence-electron chi connectivity index (χ1n) is 4.43. The second-order valence-corrected chi connectivity index (χ2v) is 2.76. The number of rotatable bonds is 4. The van der Waals surface area contributed by atoms with Crippen molar-refractivity contribution in [3.63, 3.8) is 0 Å². The van der Waals surface area contributed by atoms with Crippen molar-refractivity contribution in [2.45, 2.75) is 13.2 Å². The summed E-state index contributed by atoms with van der Waals surface area (Å²) in [6.07, 6.45) is 0.777. The number of thiocarbonyl (C=S) groups is 1. The second kappa shape index (κ2) is 5.71. The van der Waals surface area contributed by atoms with Crippen molar-refractivity contribution >= 4 is 30.1 Å². The lowest BCUT2D eigenvalue weighted by atomic mass is 10.9. The van der Waals surface area contributed by atoms with Crippen LogP contribution in [0.5, 0.6) is 0 Å². The Morgan fingerprint density at radius 1 is 1.80 bits per heavy atom. The maximum atomic E-state index is 5.70. The fraction of sp³-hybridized carbons (Fsp3) is 0.571. The second-order valence-electron chi connectivity index (χ2n) is 2.55. The van der Waals surface area contributed by atoms with Gasteiger partial charge >= 0.3 is 0 Å². The summed E-state index contributed by atoms with van der Waals surface area (Å²) < 4.78 is 4.97. The predicted molar refractivity (Wildman–Crippen MR) is 61.9 cm³/mol. The molecule has 0 aromatic carbocycles. The average molecular weight is 230 g/mol. The van der Waals surface area contributed by atoms with Crippen molar-refractivity contribution in [2.24, 2.45) is 15.7 Å². The number of ether oxygens (including phenoxy) is 1. The Hall–Kier alpha value is -1.09. The van der Waals surface area contributed by atoms with E-state index in [0.29, 0.717) is 12.6 Å². The third-order valence-electron chi connectivity index (χ3n) is 1.67. The summed E-state index contributed by atoms with van der Waals surface area (Å²) in [6.45, 7) is 2.42. The molecule has 0 spiro atoms. The molecule has 15 heavy (non-hydrogen) atoms. The van der Waals surface area contributed by atoms with Crippen LogP contribution in [0.25, 0.3) is 0 Å². The third kappa shape index (κ3) is 2.69. The van der Waals surface area contributed by atoms with Gasteiger partial charge in [-0.25, -0.2) is 15.4 Å². The highest BCUT2D eigenvalue weighted by molar-refractivity contribution is 7.78. The number of aliphatic imine (C=N–C) groups is 2. The molecule has 1 aliphatic heterocycles. The van der Waals surface area contributed by atoms with E-state index in [2.05, 4.69) is 15.4 Å². The first kappa shape index (κ1) is 12.0. The van der Waals surface area contributed by atoms with Crippen molar-refractivity contribution < 1.29 is 4.74 Å². The smallest absolute Gasteiger partial charge is 0.247 e. The van der Waals surface area contributed by atoms with Crippen LogP contribution in [-0.4, -0.2) is 47.9 Å². The molecule has 1 heterocycles. The zero-order valence-electron chi connectivity index (χ0n) is 8.62. The fourth-order valence-electron chi connectivity index (χ4n) is 1.05. The lowest BCUT2D eigenvalue weighted by molar-refractivity contribution is 0.0398. The van der Waals surface area contributed by atoms with E-state index in [9.17, 15) is 0 Å². The maximum Gasteiger partial charge on any atom is 0.247 e.